The predicted octanol–water partition coefficient (Wildman–Crippen LogP) is 2.55. The van der Waals surface area contributed by atoms with Gasteiger partial charge in [0.25, 0.3) is 0 Å². The van der Waals surface area contributed by atoms with E-state index < -0.39 is 0 Å². The minimum absolute atomic E-state index is 0.137. The molecule has 0 aliphatic heterocycles. The van der Waals surface area contributed by atoms with Crippen LogP contribution in [0.1, 0.15) is 27.2 Å². The molecule has 2 N–H and O–H groups in total. The molecule has 2 amide bonds. The zero-order valence-electron chi connectivity index (χ0n) is 11.3. The fourth-order valence-electron chi connectivity index (χ4n) is 1.37. The Morgan fingerprint density at radius 2 is 1.89 bits per heavy atom. The van der Waals surface area contributed by atoms with Gasteiger partial charge in [-0.05, 0) is 39.3 Å². The molecule has 0 radical (unpaired) electrons. The summed E-state index contributed by atoms with van der Waals surface area (Å²) in [4.78, 5) is 11.4. The molecule has 1 rings (SSSR count). The Labute approximate surface area is 109 Å². The van der Waals surface area contributed by atoms with Crippen LogP contribution in [0.3, 0.4) is 0 Å². The number of hydrogen-bond acceptors (Lipinski definition) is 2. The van der Waals surface area contributed by atoms with Gasteiger partial charge in [0.15, 0.2) is 0 Å². The van der Waals surface area contributed by atoms with Crippen molar-refractivity contribution in [1.82, 2.24) is 10.6 Å². The van der Waals surface area contributed by atoms with Crippen molar-refractivity contribution in [1.29, 1.82) is 0 Å². The quantitative estimate of drug-likeness (QED) is 0.789. The maximum absolute atomic E-state index is 11.4. The van der Waals surface area contributed by atoms with Crippen LogP contribution in [0.15, 0.2) is 30.3 Å². The molecule has 0 fully saturated rings. The fraction of sp³-hybridized carbons (Fsp3) is 0.500. The van der Waals surface area contributed by atoms with Gasteiger partial charge in [-0.3, -0.25) is 0 Å². The van der Waals surface area contributed by atoms with Crippen molar-refractivity contribution in [2.75, 3.05) is 13.2 Å². The summed E-state index contributed by atoms with van der Waals surface area (Å²) in [5.74, 6) is 0.858. The average Bonchev–Trinajstić information content (AvgIpc) is 2.27. The summed E-state index contributed by atoms with van der Waals surface area (Å²) in [6.07, 6.45) is 0.784. The molecule has 1 aromatic carbocycles. The molecule has 0 aliphatic rings. The van der Waals surface area contributed by atoms with Gasteiger partial charge in [-0.1, -0.05) is 18.2 Å². The van der Waals surface area contributed by atoms with E-state index in [0.717, 1.165) is 12.2 Å². The van der Waals surface area contributed by atoms with Crippen LogP contribution in [0.4, 0.5) is 4.79 Å². The molecule has 0 aromatic heterocycles. The molecule has 1 aromatic rings. The summed E-state index contributed by atoms with van der Waals surface area (Å²) in [6, 6.07) is 9.52. The first-order valence-electron chi connectivity index (χ1n) is 6.21. The number of urea groups is 1. The molecule has 0 unspecified atom stereocenters. The Bertz CT molecular complexity index is 358. The monoisotopic (exact) mass is 250 g/mol. The van der Waals surface area contributed by atoms with Crippen molar-refractivity contribution in [3.05, 3.63) is 30.3 Å². The Morgan fingerprint density at radius 1 is 1.22 bits per heavy atom. The smallest absolute Gasteiger partial charge is 0.315 e. The molecule has 4 heteroatoms. The predicted molar refractivity (Wildman–Crippen MR) is 72.8 cm³/mol. The summed E-state index contributed by atoms with van der Waals surface area (Å²) in [7, 11) is 0. The van der Waals surface area contributed by atoms with E-state index in [9.17, 15) is 4.79 Å². The van der Waals surface area contributed by atoms with Crippen LogP contribution in [-0.4, -0.2) is 24.7 Å². The highest BCUT2D eigenvalue weighted by molar-refractivity contribution is 5.74. The average molecular weight is 250 g/mol. The van der Waals surface area contributed by atoms with Crippen molar-refractivity contribution in [3.8, 4) is 5.75 Å². The highest BCUT2D eigenvalue weighted by Gasteiger charge is 2.12. The first-order valence-corrected chi connectivity index (χ1v) is 6.21. The van der Waals surface area contributed by atoms with E-state index in [1.807, 2.05) is 51.1 Å². The van der Waals surface area contributed by atoms with Crippen LogP contribution >= 0.6 is 0 Å². The Hall–Kier alpha value is -1.71. The Balaban J connectivity index is 2.07. The van der Waals surface area contributed by atoms with Crippen LogP contribution in [-0.2, 0) is 0 Å². The van der Waals surface area contributed by atoms with E-state index in [0.29, 0.717) is 13.2 Å². The molecular formula is C14H22N2O2. The lowest BCUT2D eigenvalue weighted by Crippen LogP contribution is -2.46. The molecule has 0 aliphatic carbocycles. The van der Waals surface area contributed by atoms with Gasteiger partial charge in [0.1, 0.15) is 5.75 Å². The zero-order valence-corrected chi connectivity index (χ0v) is 11.3. The van der Waals surface area contributed by atoms with E-state index in [2.05, 4.69) is 10.6 Å². The van der Waals surface area contributed by atoms with Crippen molar-refractivity contribution in [2.45, 2.75) is 32.7 Å². The highest BCUT2D eigenvalue weighted by atomic mass is 16.5. The number of para-hydroxylation sites is 1. The lowest BCUT2D eigenvalue weighted by molar-refractivity contribution is 0.230. The largest absolute Gasteiger partial charge is 0.494 e. The second-order valence-electron chi connectivity index (χ2n) is 5.15. The third-order valence-electron chi connectivity index (χ3n) is 2.11. The maximum Gasteiger partial charge on any atom is 0.315 e. The number of carbonyl (C=O) groups excluding carboxylic acids is 1. The van der Waals surface area contributed by atoms with Crippen molar-refractivity contribution in [3.63, 3.8) is 0 Å². The topological polar surface area (TPSA) is 50.4 Å². The standard InChI is InChI=1S/C14H22N2O2/c1-14(2,3)16-13(17)15-10-7-11-18-12-8-5-4-6-9-12/h4-6,8-9H,7,10-11H2,1-3H3,(H2,15,16,17). The molecule has 0 spiro atoms. The molecule has 0 saturated carbocycles. The van der Waals surface area contributed by atoms with Gasteiger partial charge in [0.2, 0.25) is 0 Å². The number of ether oxygens (including phenoxy) is 1. The van der Waals surface area contributed by atoms with Crippen molar-refractivity contribution in [2.24, 2.45) is 0 Å². The van der Waals surface area contributed by atoms with Gasteiger partial charge in [-0.2, -0.15) is 0 Å². The number of hydrogen-bond donors (Lipinski definition) is 2. The van der Waals surface area contributed by atoms with E-state index >= 15 is 0 Å². The fourth-order valence-corrected chi connectivity index (χ4v) is 1.37. The lowest BCUT2D eigenvalue weighted by atomic mass is 10.1. The number of carbonyl (C=O) groups is 1. The van der Waals surface area contributed by atoms with E-state index in [-0.39, 0.29) is 11.6 Å². The number of amides is 2. The molecule has 100 valence electrons. The number of benzene rings is 1. The van der Waals surface area contributed by atoms with Crippen LogP contribution < -0.4 is 15.4 Å². The summed E-state index contributed by atoms with van der Waals surface area (Å²) >= 11 is 0. The van der Waals surface area contributed by atoms with Gasteiger partial charge in [-0.25, -0.2) is 4.79 Å². The SMILES string of the molecule is CC(C)(C)NC(=O)NCCCOc1ccccc1. The molecule has 0 atom stereocenters. The highest BCUT2D eigenvalue weighted by Crippen LogP contribution is 2.07. The molecule has 0 heterocycles. The van der Waals surface area contributed by atoms with Gasteiger partial charge in [0, 0.05) is 12.1 Å². The summed E-state index contributed by atoms with van der Waals surface area (Å²) in [5, 5.41) is 5.63. The van der Waals surface area contributed by atoms with Crippen LogP contribution in [0, 0.1) is 0 Å². The van der Waals surface area contributed by atoms with E-state index in [4.69, 9.17) is 4.74 Å². The minimum atomic E-state index is -0.204. The van der Waals surface area contributed by atoms with Gasteiger partial charge in [0.05, 0.1) is 6.61 Å². The third-order valence-corrected chi connectivity index (χ3v) is 2.11. The Kier molecular flexibility index (Phi) is 5.49. The van der Waals surface area contributed by atoms with Crippen LogP contribution in [0.2, 0.25) is 0 Å². The number of nitrogens with one attached hydrogen (secondary N) is 2. The van der Waals surface area contributed by atoms with Gasteiger partial charge in [-0.15, -0.1) is 0 Å². The zero-order chi connectivity index (χ0) is 13.4. The molecule has 4 nitrogen and oxygen atoms in total. The second-order valence-corrected chi connectivity index (χ2v) is 5.15. The van der Waals surface area contributed by atoms with Crippen LogP contribution in [0.25, 0.3) is 0 Å². The molecular weight excluding hydrogens is 228 g/mol. The Morgan fingerprint density at radius 3 is 2.50 bits per heavy atom. The van der Waals surface area contributed by atoms with Crippen molar-refractivity contribution >= 4 is 6.03 Å². The van der Waals surface area contributed by atoms with E-state index in [1.165, 1.54) is 0 Å². The third kappa shape index (κ3) is 6.78. The van der Waals surface area contributed by atoms with Crippen molar-refractivity contribution < 1.29 is 9.53 Å². The van der Waals surface area contributed by atoms with Gasteiger partial charge >= 0.3 is 6.03 Å². The lowest BCUT2D eigenvalue weighted by Gasteiger charge is -2.20. The van der Waals surface area contributed by atoms with Gasteiger partial charge < -0.3 is 15.4 Å². The maximum atomic E-state index is 11.4. The molecule has 0 bridgehead atoms. The normalized spacial score (nSPS) is 10.8. The van der Waals surface area contributed by atoms with E-state index in [1.54, 1.807) is 0 Å². The second kappa shape index (κ2) is 6.89. The minimum Gasteiger partial charge on any atom is -0.494 e. The summed E-state index contributed by atoms with van der Waals surface area (Å²) in [5.41, 5.74) is -0.204. The first-order chi connectivity index (χ1) is 8.47. The molecule has 18 heavy (non-hydrogen) atoms. The first kappa shape index (κ1) is 14.4. The van der Waals surface area contributed by atoms with Crippen LogP contribution in [0.5, 0.6) is 5.75 Å². The summed E-state index contributed by atoms with van der Waals surface area (Å²) in [6.45, 7) is 7.05. The summed E-state index contributed by atoms with van der Waals surface area (Å²) < 4.78 is 5.52. The molecule has 0 saturated heterocycles. The number of rotatable bonds is 5.